The van der Waals surface area contributed by atoms with Crippen LogP contribution in [0, 0.1) is 0 Å². The zero-order chi connectivity index (χ0) is 26.4. The van der Waals surface area contributed by atoms with E-state index in [2.05, 4.69) is 140 Å². The highest BCUT2D eigenvalue weighted by Crippen LogP contribution is 2.39. The zero-order valence-corrected chi connectivity index (χ0v) is 23.1. The molecule has 0 atom stereocenters. The van der Waals surface area contributed by atoms with E-state index >= 15 is 0 Å². The van der Waals surface area contributed by atoms with Gasteiger partial charge in [0.15, 0.2) is 5.82 Å². The number of nitrogens with zero attached hydrogens (tertiary/aromatic N) is 2. The third-order valence-corrected chi connectivity index (χ3v) is 11.2. The Labute approximate surface area is 230 Å². The fourth-order valence-corrected chi connectivity index (χ4v) is 8.74. The lowest BCUT2D eigenvalue weighted by Gasteiger charge is -2.19. The molecule has 0 spiro atoms. The quantitative estimate of drug-likeness (QED) is 0.222. The van der Waals surface area contributed by atoms with Crippen LogP contribution in [-0.2, 0) is 0 Å². The molecule has 2 heterocycles. The van der Waals surface area contributed by atoms with Crippen molar-refractivity contribution in [1.29, 1.82) is 0 Å². The second-order valence-electron chi connectivity index (χ2n) is 10.7. The first-order valence-electron chi connectivity index (χ1n) is 13.4. The predicted octanol–water partition coefficient (Wildman–Crippen LogP) is 7.95. The maximum absolute atomic E-state index is 5.33. The molecule has 186 valence electrons. The zero-order valence-electron chi connectivity index (χ0n) is 22.1. The third-order valence-electron chi connectivity index (χ3n) is 7.82. The minimum Gasteiger partial charge on any atom is -0.237 e. The topological polar surface area (TPSA) is 25.8 Å². The lowest BCUT2D eigenvalue weighted by atomic mass is 9.92. The minimum absolute atomic E-state index is 0.795. The Morgan fingerprint density at radius 1 is 0.462 bits per heavy atom. The number of benzene rings is 5. The average Bonchev–Trinajstić information content (AvgIpc) is 3.24. The van der Waals surface area contributed by atoms with Crippen LogP contribution in [0.2, 0.25) is 13.1 Å². The molecule has 7 rings (SSSR count). The molecular weight excluding hydrogens is 488 g/mol. The molecular formula is C36H28N2Si. The highest BCUT2D eigenvalue weighted by atomic mass is 28.3. The van der Waals surface area contributed by atoms with Gasteiger partial charge in [-0.2, -0.15) is 0 Å². The summed E-state index contributed by atoms with van der Waals surface area (Å²) in [4.78, 5) is 10.6. The van der Waals surface area contributed by atoms with Gasteiger partial charge in [-0.05, 0) is 51.2 Å². The van der Waals surface area contributed by atoms with Crippen LogP contribution >= 0.6 is 0 Å². The predicted molar refractivity (Wildman–Crippen MR) is 166 cm³/mol. The van der Waals surface area contributed by atoms with Crippen molar-refractivity contribution >= 4 is 18.6 Å². The summed E-state index contributed by atoms with van der Waals surface area (Å²) in [6.07, 6.45) is 0. The molecule has 5 aromatic carbocycles. The molecule has 0 N–H and O–H groups in total. The van der Waals surface area contributed by atoms with Gasteiger partial charge < -0.3 is 0 Å². The molecule has 0 saturated carbocycles. The van der Waals surface area contributed by atoms with Crippen molar-refractivity contribution in [3.8, 4) is 56.0 Å². The molecule has 3 heteroatoms. The molecule has 1 aliphatic rings. The summed E-state index contributed by atoms with van der Waals surface area (Å²) < 4.78 is 0. The van der Waals surface area contributed by atoms with Crippen LogP contribution in [0.1, 0.15) is 0 Å². The van der Waals surface area contributed by atoms with Gasteiger partial charge >= 0.3 is 0 Å². The molecule has 0 unspecified atom stereocenters. The smallest absolute Gasteiger partial charge is 0.159 e. The Morgan fingerprint density at radius 3 is 1.54 bits per heavy atom. The van der Waals surface area contributed by atoms with Crippen molar-refractivity contribution in [3.05, 3.63) is 133 Å². The molecule has 39 heavy (non-hydrogen) atoms. The maximum atomic E-state index is 5.33. The SMILES string of the molecule is C[Si]1(C)c2ccccc2-c2c(-c3cc(-c4ccccc4)cc(-c4ccccc4)c3)nc(-c3ccccc3)nc21. The van der Waals surface area contributed by atoms with E-state index in [4.69, 9.17) is 9.97 Å². The Bertz CT molecular complexity index is 1750. The van der Waals surface area contributed by atoms with Crippen molar-refractivity contribution in [3.63, 3.8) is 0 Å². The van der Waals surface area contributed by atoms with Crippen LogP contribution in [0.3, 0.4) is 0 Å². The molecule has 1 aliphatic heterocycles. The first-order valence-corrected chi connectivity index (χ1v) is 16.4. The van der Waals surface area contributed by atoms with E-state index < -0.39 is 8.07 Å². The lowest BCUT2D eigenvalue weighted by Crippen LogP contribution is -2.50. The van der Waals surface area contributed by atoms with Crippen LogP contribution in [0.25, 0.3) is 56.0 Å². The standard InChI is InChI=1S/C36H28N2Si/c1-39(2)32-21-13-12-20-31(32)33-34(37-35(38-36(33)39)27-18-10-5-11-19-27)30-23-28(25-14-6-3-7-15-25)22-29(24-30)26-16-8-4-9-17-26/h3-24H,1-2H3. The number of fused-ring (bicyclic) bond motifs is 3. The molecule has 0 saturated heterocycles. The van der Waals surface area contributed by atoms with Gasteiger partial charge in [0.25, 0.3) is 0 Å². The molecule has 1 aromatic heterocycles. The number of hydrogen-bond donors (Lipinski definition) is 0. The van der Waals surface area contributed by atoms with E-state index in [1.807, 2.05) is 6.07 Å². The van der Waals surface area contributed by atoms with Crippen molar-refractivity contribution in [1.82, 2.24) is 9.97 Å². The summed E-state index contributed by atoms with van der Waals surface area (Å²) in [5.74, 6) is 0.795. The van der Waals surface area contributed by atoms with E-state index in [0.717, 1.165) is 22.6 Å². The van der Waals surface area contributed by atoms with Crippen LogP contribution < -0.4 is 10.5 Å². The highest BCUT2D eigenvalue weighted by Gasteiger charge is 2.41. The molecule has 6 aromatic rings. The number of aromatic nitrogens is 2. The number of rotatable bonds is 4. The van der Waals surface area contributed by atoms with Crippen molar-refractivity contribution < 1.29 is 0 Å². The molecule has 0 fully saturated rings. The van der Waals surface area contributed by atoms with Gasteiger partial charge in [-0.15, -0.1) is 0 Å². The van der Waals surface area contributed by atoms with Gasteiger partial charge in [0.05, 0.1) is 5.69 Å². The molecule has 0 radical (unpaired) electrons. The van der Waals surface area contributed by atoms with Gasteiger partial charge in [0.1, 0.15) is 8.07 Å². The molecule has 0 bridgehead atoms. The second-order valence-corrected chi connectivity index (χ2v) is 14.9. The normalized spacial score (nSPS) is 13.1. The van der Waals surface area contributed by atoms with Gasteiger partial charge in [0.2, 0.25) is 0 Å². The fourth-order valence-electron chi connectivity index (χ4n) is 5.83. The van der Waals surface area contributed by atoms with Gasteiger partial charge in [0, 0.05) is 22.0 Å². The van der Waals surface area contributed by atoms with E-state index in [-0.39, 0.29) is 0 Å². The first-order chi connectivity index (χ1) is 19.1. The highest BCUT2D eigenvalue weighted by molar-refractivity contribution is 7.03. The van der Waals surface area contributed by atoms with Crippen LogP contribution in [0.15, 0.2) is 133 Å². The minimum atomic E-state index is -2.02. The lowest BCUT2D eigenvalue weighted by molar-refractivity contribution is 1.21. The summed E-state index contributed by atoms with van der Waals surface area (Å²) in [5, 5.41) is 2.65. The largest absolute Gasteiger partial charge is 0.237 e. The Kier molecular flexibility index (Phi) is 5.61. The summed E-state index contributed by atoms with van der Waals surface area (Å²) in [6.45, 7) is 4.83. The van der Waals surface area contributed by atoms with Crippen LogP contribution in [0.5, 0.6) is 0 Å². The average molecular weight is 517 g/mol. The maximum Gasteiger partial charge on any atom is 0.159 e. The summed E-state index contributed by atoms with van der Waals surface area (Å²) >= 11 is 0. The fraction of sp³-hybridized carbons (Fsp3) is 0.0556. The second kappa shape index (κ2) is 9.30. The van der Waals surface area contributed by atoms with E-state index in [1.54, 1.807) is 0 Å². The monoisotopic (exact) mass is 516 g/mol. The Morgan fingerprint density at radius 2 is 0.949 bits per heavy atom. The Hall–Kier alpha value is -4.60. The summed E-state index contributed by atoms with van der Waals surface area (Å²) in [5.41, 5.74) is 10.4. The van der Waals surface area contributed by atoms with Crippen LogP contribution in [0.4, 0.5) is 0 Å². The molecule has 0 aliphatic carbocycles. The molecule has 0 amide bonds. The third kappa shape index (κ3) is 4.03. The van der Waals surface area contributed by atoms with E-state index in [1.165, 1.54) is 43.9 Å². The van der Waals surface area contributed by atoms with Gasteiger partial charge in [-0.25, -0.2) is 9.97 Å². The van der Waals surface area contributed by atoms with E-state index in [0.29, 0.717) is 0 Å². The van der Waals surface area contributed by atoms with Crippen LogP contribution in [-0.4, -0.2) is 18.0 Å². The number of hydrogen-bond acceptors (Lipinski definition) is 2. The van der Waals surface area contributed by atoms with Gasteiger partial charge in [-0.1, -0.05) is 128 Å². The molecule has 2 nitrogen and oxygen atoms in total. The van der Waals surface area contributed by atoms with Crippen molar-refractivity contribution in [2.24, 2.45) is 0 Å². The summed E-state index contributed by atoms with van der Waals surface area (Å²) in [7, 11) is -2.02. The van der Waals surface area contributed by atoms with Crippen molar-refractivity contribution in [2.75, 3.05) is 0 Å². The van der Waals surface area contributed by atoms with Crippen molar-refractivity contribution in [2.45, 2.75) is 13.1 Å². The van der Waals surface area contributed by atoms with E-state index in [9.17, 15) is 0 Å². The summed E-state index contributed by atoms with van der Waals surface area (Å²) in [6, 6.07) is 47.4. The van der Waals surface area contributed by atoms with Gasteiger partial charge in [-0.3, -0.25) is 0 Å². The first kappa shape index (κ1) is 23.5. The Balaban J connectivity index is 1.56.